The first kappa shape index (κ1) is 13.1. The van der Waals surface area contributed by atoms with Crippen LogP contribution in [-0.2, 0) is 0 Å². The lowest BCUT2D eigenvalue weighted by Crippen LogP contribution is -2.21. The Balaban J connectivity index is 2.55. The minimum absolute atomic E-state index is 0.478. The quantitative estimate of drug-likeness (QED) is 0.806. The van der Waals surface area contributed by atoms with Gasteiger partial charge in [-0.25, -0.2) is 0 Å². The van der Waals surface area contributed by atoms with E-state index in [0.717, 1.165) is 6.54 Å². The summed E-state index contributed by atoms with van der Waals surface area (Å²) in [7, 11) is 0. The normalized spacial score (nSPS) is 12.8. The largest absolute Gasteiger partial charge is 0.310 e. The van der Waals surface area contributed by atoms with E-state index in [0.29, 0.717) is 6.04 Å². The molecule has 0 aromatic heterocycles. The Morgan fingerprint density at radius 2 is 1.83 bits per heavy atom. The fourth-order valence-corrected chi connectivity index (χ4v) is 2.75. The van der Waals surface area contributed by atoms with Gasteiger partial charge in [0, 0.05) is 6.04 Å². The minimum Gasteiger partial charge on any atom is -0.310 e. The molecule has 0 radical (unpaired) electrons. The molecule has 1 N–H and O–H groups in total. The SMILES string of the molecule is CCCC(NCC)c1c(C)ccc2ccccc12. The lowest BCUT2D eigenvalue weighted by atomic mass is 9.92. The molecular formula is C17H23N. The molecule has 0 aliphatic rings. The Morgan fingerprint density at radius 3 is 2.56 bits per heavy atom. The number of aryl methyl sites for hydroxylation is 1. The van der Waals surface area contributed by atoms with E-state index in [1.165, 1.54) is 34.7 Å². The molecule has 1 atom stereocenters. The van der Waals surface area contributed by atoms with Crippen LogP contribution in [0.3, 0.4) is 0 Å². The monoisotopic (exact) mass is 241 g/mol. The summed E-state index contributed by atoms with van der Waals surface area (Å²) < 4.78 is 0. The highest BCUT2D eigenvalue weighted by Gasteiger charge is 2.14. The molecule has 2 aromatic carbocycles. The molecule has 0 heterocycles. The Hall–Kier alpha value is -1.34. The van der Waals surface area contributed by atoms with Crippen LogP contribution in [0, 0.1) is 6.92 Å². The van der Waals surface area contributed by atoms with Crippen LogP contribution in [0.15, 0.2) is 36.4 Å². The molecule has 0 spiro atoms. The third-order valence-corrected chi connectivity index (χ3v) is 3.57. The van der Waals surface area contributed by atoms with Crippen molar-refractivity contribution < 1.29 is 0 Å². The van der Waals surface area contributed by atoms with Crippen molar-refractivity contribution >= 4 is 10.8 Å². The van der Waals surface area contributed by atoms with Gasteiger partial charge in [-0.3, -0.25) is 0 Å². The molecule has 0 fully saturated rings. The van der Waals surface area contributed by atoms with E-state index < -0.39 is 0 Å². The van der Waals surface area contributed by atoms with Crippen LogP contribution < -0.4 is 5.32 Å². The summed E-state index contributed by atoms with van der Waals surface area (Å²) in [5.41, 5.74) is 2.88. The fraction of sp³-hybridized carbons (Fsp3) is 0.412. The highest BCUT2D eigenvalue weighted by atomic mass is 14.9. The maximum atomic E-state index is 3.63. The van der Waals surface area contributed by atoms with E-state index in [9.17, 15) is 0 Å². The van der Waals surface area contributed by atoms with Crippen LogP contribution in [0.4, 0.5) is 0 Å². The lowest BCUT2D eigenvalue weighted by molar-refractivity contribution is 0.510. The maximum absolute atomic E-state index is 3.63. The first-order valence-corrected chi connectivity index (χ1v) is 6.99. The minimum atomic E-state index is 0.478. The van der Waals surface area contributed by atoms with E-state index in [2.05, 4.69) is 62.5 Å². The zero-order valence-electron chi connectivity index (χ0n) is 11.7. The zero-order chi connectivity index (χ0) is 13.0. The summed E-state index contributed by atoms with van der Waals surface area (Å²) in [5.74, 6) is 0. The Kier molecular flexibility index (Phi) is 4.38. The van der Waals surface area contributed by atoms with Gasteiger partial charge in [0.25, 0.3) is 0 Å². The second kappa shape index (κ2) is 6.01. The predicted molar refractivity (Wildman–Crippen MR) is 80.0 cm³/mol. The van der Waals surface area contributed by atoms with Gasteiger partial charge in [0.05, 0.1) is 0 Å². The molecule has 2 rings (SSSR count). The molecule has 0 amide bonds. The third-order valence-electron chi connectivity index (χ3n) is 3.57. The molecule has 1 nitrogen and oxygen atoms in total. The van der Waals surface area contributed by atoms with Crippen molar-refractivity contribution in [1.82, 2.24) is 5.32 Å². The predicted octanol–water partition coefficient (Wildman–Crippen LogP) is 4.60. The van der Waals surface area contributed by atoms with Crippen molar-refractivity contribution in [2.24, 2.45) is 0 Å². The Bertz CT molecular complexity index is 510. The molecule has 0 bridgehead atoms. The third kappa shape index (κ3) is 2.56. The van der Waals surface area contributed by atoms with Gasteiger partial charge in [0.1, 0.15) is 0 Å². The first-order valence-electron chi connectivity index (χ1n) is 6.99. The van der Waals surface area contributed by atoms with Gasteiger partial charge in [-0.1, -0.05) is 56.7 Å². The second-order valence-electron chi connectivity index (χ2n) is 4.92. The van der Waals surface area contributed by atoms with E-state index >= 15 is 0 Å². The molecule has 18 heavy (non-hydrogen) atoms. The van der Waals surface area contributed by atoms with Crippen molar-refractivity contribution in [3.8, 4) is 0 Å². The van der Waals surface area contributed by atoms with Crippen LogP contribution in [0.5, 0.6) is 0 Å². The summed E-state index contributed by atoms with van der Waals surface area (Å²) in [5, 5.41) is 6.38. The molecule has 1 unspecified atom stereocenters. The molecule has 0 aliphatic carbocycles. The van der Waals surface area contributed by atoms with Crippen LogP contribution in [-0.4, -0.2) is 6.54 Å². The summed E-state index contributed by atoms with van der Waals surface area (Å²) in [6, 6.07) is 13.7. The number of rotatable bonds is 5. The van der Waals surface area contributed by atoms with Gasteiger partial charge in [0.2, 0.25) is 0 Å². The average molecular weight is 241 g/mol. The molecule has 1 heteroatoms. The van der Waals surface area contributed by atoms with Crippen molar-refractivity contribution in [1.29, 1.82) is 0 Å². The van der Waals surface area contributed by atoms with E-state index in [4.69, 9.17) is 0 Å². The first-order chi connectivity index (χ1) is 8.77. The summed E-state index contributed by atoms with van der Waals surface area (Å²) in [6.45, 7) is 7.68. The van der Waals surface area contributed by atoms with Crippen molar-refractivity contribution in [2.75, 3.05) is 6.54 Å². The average Bonchev–Trinajstić information content (AvgIpc) is 2.38. The number of hydrogen-bond donors (Lipinski definition) is 1. The van der Waals surface area contributed by atoms with Crippen LogP contribution >= 0.6 is 0 Å². The van der Waals surface area contributed by atoms with Gasteiger partial charge in [-0.05, 0) is 41.8 Å². The van der Waals surface area contributed by atoms with Gasteiger partial charge in [-0.15, -0.1) is 0 Å². The zero-order valence-corrected chi connectivity index (χ0v) is 11.7. The van der Waals surface area contributed by atoms with Gasteiger partial charge in [-0.2, -0.15) is 0 Å². The lowest BCUT2D eigenvalue weighted by Gasteiger charge is -2.22. The summed E-state index contributed by atoms with van der Waals surface area (Å²) >= 11 is 0. The van der Waals surface area contributed by atoms with Crippen molar-refractivity contribution in [2.45, 2.75) is 39.7 Å². The van der Waals surface area contributed by atoms with Gasteiger partial charge >= 0.3 is 0 Å². The Labute approximate surface area is 110 Å². The van der Waals surface area contributed by atoms with Crippen LogP contribution in [0.25, 0.3) is 10.8 Å². The highest BCUT2D eigenvalue weighted by Crippen LogP contribution is 2.30. The molecule has 0 aliphatic heterocycles. The van der Waals surface area contributed by atoms with E-state index in [-0.39, 0.29) is 0 Å². The number of hydrogen-bond acceptors (Lipinski definition) is 1. The summed E-state index contributed by atoms with van der Waals surface area (Å²) in [4.78, 5) is 0. The maximum Gasteiger partial charge on any atom is 0.0328 e. The number of nitrogens with one attached hydrogen (secondary N) is 1. The molecule has 2 aromatic rings. The van der Waals surface area contributed by atoms with Crippen molar-refractivity contribution in [3.05, 3.63) is 47.5 Å². The molecule has 96 valence electrons. The van der Waals surface area contributed by atoms with Crippen molar-refractivity contribution in [3.63, 3.8) is 0 Å². The number of fused-ring (bicyclic) bond motifs is 1. The smallest absolute Gasteiger partial charge is 0.0328 e. The molecule has 0 saturated heterocycles. The summed E-state index contributed by atoms with van der Waals surface area (Å²) in [6.07, 6.45) is 2.41. The Morgan fingerprint density at radius 1 is 1.06 bits per heavy atom. The molecular weight excluding hydrogens is 218 g/mol. The van der Waals surface area contributed by atoms with Crippen LogP contribution in [0.1, 0.15) is 43.9 Å². The topological polar surface area (TPSA) is 12.0 Å². The molecule has 0 saturated carbocycles. The van der Waals surface area contributed by atoms with Gasteiger partial charge < -0.3 is 5.32 Å². The van der Waals surface area contributed by atoms with E-state index in [1.54, 1.807) is 0 Å². The standard InChI is InChI=1S/C17H23N/c1-4-8-16(18-5-2)17-13(3)11-12-14-9-6-7-10-15(14)17/h6-7,9-12,16,18H,4-5,8H2,1-3H3. The van der Waals surface area contributed by atoms with Gasteiger partial charge in [0.15, 0.2) is 0 Å². The highest BCUT2D eigenvalue weighted by molar-refractivity contribution is 5.87. The fourth-order valence-electron chi connectivity index (χ4n) is 2.75. The second-order valence-corrected chi connectivity index (χ2v) is 4.92. The van der Waals surface area contributed by atoms with Crippen LogP contribution in [0.2, 0.25) is 0 Å². The number of benzene rings is 2. The van der Waals surface area contributed by atoms with E-state index in [1.807, 2.05) is 0 Å².